The van der Waals surface area contributed by atoms with Crippen LogP contribution < -0.4 is 5.32 Å². The topological polar surface area (TPSA) is 12.0 Å². The minimum Gasteiger partial charge on any atom is -0.313 e. The molecular weight excluding hydrogens is 342 g/mol. The van der Waals surface area contributed by atoms with E-state index in [1.807, 2.05) is 0 Å². The first-order valence-electron chi connectivity index (χ1n) is 8.25. The molecule has 1 aromatic rings. The molecule has 1 saturated carbocycles. The molecule has 0 aliphatic heterocycles. The van der Waals surface area contributed by atoms with Crippen LogP contribution in [0.4, 0.5) is 0 Å². The first-order chi connectivity index (χ1) is 10.1. The summed E-state index contributed by atoms with van der Waals surface area (Å²) in [5, 5.41) is 4.48. The molecule has 118 valence electrons. The highest BCUT2D eigenvalue weighted by Crippen LogP contribution is 2.39. The largest absolute Gasteiger partial charge is 0.313 e. The van der Waals surface area contributed by atoms with Crippen LogP contribution in [-0.2, 0) is 0 Å². The molecule has 0 bridgehead atoms. The van der Waals surface area contributed by atoms with Gasteiger partial charge in [-0.3, -0.25) is 0 Å². The van der Waals surface area contributed by atoms with Crippen molar-refractivity contribution in [3.05, 3.63) is 28.7 Å². The molecule has 1 aromatic carbocycles. The average molecular weight is 370 g/mol. The molecule has 3 atom stereocenters. The van der Waals surface area contributed by atoms with Gasteiger partial charge in [-0.25, -0.2) is 0 Å². The Bertz CT molecular complexity index is 435. The summed E-state index contributed by atoms with van der Waals surface area (Å²) in [4.78, 5) is 1.39. The third-order valence-electron chi connectivity index (χ3n) is 4.52. The molecule has 1 nitrogen and oxygen atoms in total. The summed E-state index contributed by atoms with van der Waals surface area (Å²) in [5.74, 6) is 1.69. The van der Waals surface area contributed by atoms with Gasteiger partial charge in [0.15, 0.2) is 0 Å². The van der Waals surface area contributed by atoms with Crippen LogP contribution in [0.5, 0.6) is 0 Å². The molecule has 2 rings (SSSR count). The highest BCUT2D eigenvalue weighted by atomic mass is 79.9. The van der Waals surface area contributed by atoms with E-state index in [1.165, 1.54) is 35.1 Å². The predicted molar refractivity (Wildman–Crippen MR) is 98.0 cm³/mol. The third kappa shape index (κ3) is 5.30. The molecule has 0 spiro atoms. The molecule has 0 aromatic heterocycles. The monoisotopic (exact) mass is 369 g/mol. The Hall–Kier alpha value is 0.01000. The fraction of sp³-hybridized carbons (Fsp3) is 0.667. The second-order valence-corrected chi connectivity index (χ2v) is 8.72. The summed E-state index contributed by atoms with van der Waals surface area (Å²) < 4.78 is 1.18. The summed E-state index contributed by atoms with van der Waals surface area (Å²) >= 11 is 5.66. The van der Waals surface area contributed by atoms with E-state index in [-0.39, 0.29) is 0 Å². The van der Waals surface area contributed by atoms with Gasteiger partial charge in [0.05, 0.1) is 0 Å². The Balaban J connectivity index is 2.05. The molecular formula is C18H28BrNS. The van der Waals surface area contributed by atoms with Crippen LogP contribution in [-0.4, -0.2) is 17.8 Å². The number of benzene rings is 1. The van der Waals surface area contributed by atoms with E-state index in [1.54, 1.807) is 0 Å². The first kappa shape index (κ1) is 17.4. The van der Waals surface area contributed by atoms with Crippen LogP contribution in [0.2, 0.25) is 0 Å². The normalized spacial score (nSPS) is 26.2. The second-order valence-electron chi connectivity index (χ2n) is 6.49. The van der Waals surface area contributed by atoms with Gasteiger partial charge < -0.3 is 5.32 Å². The molecule has 21 heavy (non-hydrogen) atoms. The zero-order valence-corrected chi connectivity index (χ0v) is 15.8. The standard InChI is InChI=1S/C18H28BrNS/c1-4-10-20-17-9-8-14(13(2)3)11-18(17)21-16-7-5-6-15(19)12-16/h5-7,12-14,17-18,20H,4,8-11H2,1-3H3. The third-order valence-corrected chi connectivity index (χ3v) is 6.36. The van der Waals surface area contributed by atoms with Crippen molar-refractivity contribution >= 4 is 27.7 Å². The van der Waals surface area contributed by atoms with Crippen LogP contribution in [0.3, 0.4) is 0 Å². The van der Waals surface area contributed by atoms with E-state index in [0.717, 1.165) is 18.4 Å². The number of nitrogens with one attached hydrogen (secondary N) is 1. The van der Waals surface area contributed by atoms with Gasteiger partial charge in [0, 0.05) is 20.7 Å². The van der Waals surface area contributed by atoms with Crippen molar-refractivity contribution in [3.63, 3.8) is 0 Å². The van der Waals surface area contributed by atoms with Gasteiger partial charge in [-0.2, -0.15) is 0 Å². The molecule has 1 aliphatic rings. The lowest BCUT2D eigenvalue weighted by molar-refractivity contribution is 0.246. The quantitative estimate of drug-likeness (QED) is 0.686. The van der Waals surface area contributed by atoms with E-state index in [9.17, 15) is 0 Å². The molecule has 1 fully saturated rings. The van der Waals surface area contributed by atoms with Crippen molar-refractivity contribution in [1.29, 1.82) is 0 Å². The van der Waals surface area contributed by atoms with Crippen LogP contribution in [0.25, 0.3) is 0 Å². The number of rotatable bonds is 6. The lowest BCUT2D eigenvalue weighted by Gasteiger charge is -2.38. The molecule has 3 heteroatoms. The molecule has 1 aliphatic carbocycles. The Kier molecular flexibility index (Phi) is 7.11. The lowest BCUT2D eigenvalue weighted by Crippen LogP contribution is -2.43. The summed E-state index contributed by atoms with van der Waals surface area (Å²) in [6.45, 7) is 8.16. The maximum atomic E-state index is 3.78. The highest BCUT2D eigenvalue weighted by molar-refractivity contribution is 9.10. The smallest absolute Gasteiger partial charge is 0.0251 e. The van der Waals surface area contributed by atoms with Crippen molar-refractivity contribution in [2.24, 2.45) is 11.8 Å². The SMILES string of the molecule is CCCNC1CCC(C(C)C)CC1Sc1cccc(Br)c1. The Morgan fingerprint density at radius 2 is 2.14 bits per heavy atom. The fourth-order valence-electron chi connectivity index (χ4n) is 3.17. The number of hydrogen-bond acceptors (Lipinski definition) is 2. The Labute approximate surface area is 142 Å². The van der Waals surface area contributed by atoms with E-state index < -0.39 is 0 Å². The van der Waals surface area contributed by atoms with Gasteiger partial charge in [0.2, 0.25) is 0 Å². The number of hydrogen-bond donors (Lipinski definition) is 1. The van der Waals surface area contributed by atoms with Crippen LogP contribution in [0.15, 0.2) is 33.6 Å². The van der Waals surface area contributed by atoms with Gasteiger partial charge in [-0.1, -0.05) is 42.8 Å². The Morgan fingerprint density at radius 3 is 2.81 bits per heavy atom. The van der Waals surface area contributed by atoms with Crippen molar-refractivity contribution < 1.29 is 0 Å². The van der Waals surface area contributed by atoms with Gasteiger partial charge >= 0.3 is 0 Å². The molecule has 1 N–H and O–H groups in total. The van der Waals surface area contributed by atoms with Crippen LogP contribution in [0, 0.1) is 11.8 Å². The van der Waals surface area contributed by atoms with E-state index in [0.29, 0.717) is 11.3 Å². The summed E-state index contributed by atoms with van der Waals surface area (Å²) in [6.07, 6.45) is 5.28. The second kappa shape index (κ2) is 8.59. The Morgan fingerprint density at radius 1 is 1.33 bits per heavy atom. The predicted octanol–water partition coefficient (Wildman–Crippen LogP) is 5.73. The van der Waals surface area contributed by atoms with Gasteiger partial charge in [-0.05, 0) is 62.3 Å². The van der Waals surface area contributed by atoms with Crippen LogP contribution >= 0.6 is 27.7 Å². The highest BCUT2D eigenvalue weighted by Gasteiger charge is 2.32. The van der Waals surface area contributed by atoms with Crippen molar-refractivity contribution in [3.8, 4) is 0 Å². The summed E-state index contributed by atoms with van der Waals surface area (Å²) in [5.41, 5.74) is 0. The maximum Gasteiger partial charge on any atom is 0.0251 e. The lowest BCUT2D eigenvalue weighted by atomic mass is 9.79. The summed E-state index contributed by atoms with van der Waals surface area (Å²) in [6, 6.07) is 9.41. The minimum atomic E-state index is 0.670. The average Bonchev–Trinajstić information content (AvgIpc) is 2.46. The minimum absolute atomic E-state index is 0.670. The molecule has 0 saturated heterocycles. The molecule has 0 heterocycles. The van der Waals surface area contributed by atoms with Gasteiger partial charge in [0.1, 0.15) is 0 Å². The zero-order chi connectivity index (χ0) is 15.2. The van der Waals surface area contributed by atoms with Gasteiger partial charge in [0.25, 0.3) is 0 Å². The molecule has 3 unspecified atom stereocenters. The fourth-order valence-corrected chi connectivity index (χ4v) is 5.17. The van der Waals surface area contributed by atoms with Crippen LogP contribution in [0.1, 0.15) is 46.5 Å². The molecule has 0 radical (unpaired) electrons. The first-order valence-corrected chi connectivity index (χ1v) is 9.93. The molecule has 0 amide bonds. The van der Waals surface area contributed by atoms with Crippen molar-refractivity contribution in [2.75, 3.05) is 6.54 Å². The van der Waals surface area contributed by atoms with E-state index >= 15 is 0 Å². The summed E-state index contributed by atoms with van der Waals surface area (Å²) in [7, 11) is 0. The van der Waals surface area contributed by atoms with E-state index in [2.05, 4.69) is 78.0 Å². The zero-order valence-electron chi connectivity index (χ0n) is 13.4. The number of halogens is 1. The van der Waals surface area contributed by atoms with Crippen molar-refractivity contribution in [1.82, 2.24) is 5.32 Å². The number of thioether (sulfide) groups is 1. The van der Waals surface area contributed by atoms with Crippen molar-refractivity contribution in [2.45, 2.75) is 62.6 Å². The maximum absolute atomic E-state index is 3.78. The van der Waals surface area contributed by atoms with Gasteiger partial charge in [-0.15, -0.1) is 11.8 Å². The van der Waals surface area contributed by atoms with E-state index in [4.69, 9.17) is 0 Å².